The van der Waals surface area contributed by atoms with Gasteiger partial charge in [0.2, 0.25) is 0 Å². The van der Waals surface area contributed by atoms with Gasteiger partial charge in [-0.1, -0.05) is 30.0 Å². The number of fused-ring (bicyclic) bond motifs is 1. The summed E-state index contributed by atoms with van der Waals surface area (Å²) in [7, 11) is 0. The highest BCUT2D eigenvalue weighted by Crippen LogP contribution is 2.25. The third-order valence-electron chi connectivity index (χ3n) is 3.77. The third kappa shape index (κ3) is 2.52. The van der Waals surface area contributed by atoms with Gasteiger partial charge in [-0.05, 0) is 37.1 Å². The predicted molar refractivity (Wildman–Crippen MR) is 69.6 cm³/mol. The van der Waals surface area contributed by atoms with Gasteiger partial charge in [-0.2, -0.15) is 0 Å². The maximum absolute atomic E-state index is 3.46. The van der Waals surface area contributed by atoms with Crippen LogP contribution in [0.1, 0.15) is 5.56 Å². The Bertz CT molecular complexity index is 417. The van der Waals surface area contributed by atoms with Crippen LogP contribution in [0, 0.1) is 23.7 Å². The summed E-state index contributed by atoms with van der Waals surface area (Å²) in [6.45, 7) is 5.77. The Balaban J connectivity index is 1.54. The predicted octanol–water partition coefficient (Wildman–Crippen LogP) is 1.19. The molecule has 0 spiro atoms. The van der Waals surface area contributed by atoms with Gasteiger partial charge in [0.15, 0.2) is 0 Å². The zero-order valence-corrected chi connectivity index (χ0v) is 10.0. The van der Waals surface area contributed by atoms with E-state index in [9.17, 15) is 0 Å². The maximum atomic E-state index is 3.46. The lowest BCUT2D eigenvalue weighted by Crippen LogP contribution is -2.26. The first kappa shape index (κ1) is 10.8. The van der Waals surface area contributed by atoms with E-state index in [0.29, 0.717) is 0 Å². The Morgan fingerprint density at radius 2 is 1.82 bits per heavy atom. The Morgan fingerprint density at radius 1 is 1.12 bits per heavy atom. The van der Waals surface area contributed by atoms with Gasteiger partial charge < -0.3 is 5.32 Å². The molecular weight excluding hydrogens is 208 g/mol. The molecule has 1 N–H and O–H groups in total. The molecule has 0 amide bonds. The second kappa shape index (κ2) is 4.91. The van der Waals surface area contributed by atoms with Crippen LogP contribution in [-0.4, -0.2) is 37.6 Å². The van der Waals surface area contributed by atoms with E-state index in [2.05, 4.69) is 34.2 Å². The van der Waals surface area contributed by atoms with Crippen LogP contribution in [-0.2, 0) is 0 Å². The van der Waals surface area contributed by atoms with Crippen LogP contribution in [0.5, 0.6) is 0 Å². The summed E-state index contributed by atoms with van der Waals surface area (Å²) in [5.74, 6) is 8.26. The number of hydrogen-bond donors (Lipinski definition) is 1. The fourth-order valence-corrected chi connectivity index (χ4v) is 2.86. The minimum atomic E-state index is 0.869. The van der Waals surface area contributed by atoms with Crippen molar-refractivity contribution < 1.29 is 0 Å². The van der Waals surface area contributed by atoms with Crippen molar-refractivity contribution in [3.8, 4) is 11.8 Å². The van der Waals surface area contributed by atoms with E-state index in [-0.39, 0.29) is 0 Å². The van der Waals surface area contributed by atoms with Crippen molar-refractivity contribution in [2.45, 2.75) is 0 Å². The lowest BCUT2D eigenvalue weighted by molar-refractivity contribution is 0.351. The lowest BCUT2D eigenvalue weighted by atomic mass is 10.0. The van der Waals surface area contributed by atoms with E-state index < -0.39 is 0 Å². The van der Waals surface area contributed by atoms with E-state index in [0.717, 1.165) is 23.9 Å². The Labute approximate surface area is 103 Å². The van der Waals surface area contributed by atoms with Gasteiger partial charge in [0, 0.05) is 18.7 Å². The molecule has 2 nitrogen and oxygen atoms in total. The topological polar surface area (TPSA) is 15.3 Å². The van der Waals surface area contributed by atoms with Crippen LogP contribution >= 0.6 is 0 Å². The Kier molecular flexibility index (Phi) is 3.13. The zero-order valence-electron chi connectivity index (χ0n) is 10.0. The molecule has 3 rings (SSSR count). The molecule has 0 saturated carbocycles. The number of hydrogen-bond acceptors (Lipinski definition) is 2. The van der Waals surface area contributed by atoms with Gasteiger partial charge in [-0.25, -0.2) is 0 Å². The number of nitrogens with zero attached hydrogens (tertiary/aromatic N) is 1. The molecule has 2 heteroatoms. The van der Waals surface area contributed by atoms with Crippen molar-refractivity contribution in [2.75, 3.05) is 32.7 Å². The Hall–Kier alpha value is -1.30. The van der Waals surface area contributed by atoms with Crippen LogP contribution in [0.3, 0.4) is 0 Å². The van der Waals surface area contributed by atoms with Gasteiger partial charge >= 0.3 is 0 Å². The highest BCUT2D eigenvalue weighted by molar-refractivity contribution is 5.33. The average Bonchev–Trinajstić information content (AvgIpc) is 2.91. The van der Waals surface area contributed by atoms with Crippen LogP contribution in [0.15, 0.2) is 30.3 Å². The minimum absolute atomic E-state index is 0.869. The monoisotopic (exact) mass is 226 g/mol. The first-order valence-corrected chi connectivity index (χ1v) is 6.39. The van der Waals surface area contributed by atoms with Gasteiger partial charge in [0.1, 0.15) is 0 Å². The van der Waals surface area contributed by atoms with E-state index in [1.807, 2.05) is 18.2 Å². The fraction of sp³-hybridized carbons (Fsp3) is 0.467. The average molecular weight is 226 g/mol. The highest BCUT2D eigenvalue weighted by atomic mass is 15.2. The van der Waals surface area contributed by atoms with Crippen LogP contribution in [0.4, 0.5) is 0 Å². The lowest BCUT2D eigenvalue weighted by Gasteiger charge is -2.12. The highest BCUT2D eigenvalue weighted by Gasteiger charge is 2.35. The molecule has 0 radical (unpaired) electrons. The van der Waals surface area contributed by atoms with Gasteiger partial charge in [0.05, 0.1) is 6.54 Å². The van der Waals surface area contributed by atoms with Gasteiger partial charge in [-0.15, -0.1) is 0 Å². The molecule has 2 saturated heterocycles. The van der Waals surface area contributed by atoms with Gasteiger partial charge in [0.25, 0.3) is 0 Å². The van der Waals surface area contributed by atoms with E-state index >= 15 is 0 Å². The summed E-state index contributed by atoms with van der Waals surface area (Å²) in [6.07, 6.45) is 0. The molecule has 1 aromatic rings. The fourth-order valence-electron chi connectivity index (χ4n) is 2.86. The molecule has 0 aromatic heterocycles. The van der Waals surface area contributed by atoms with Crippen molar-refractivity contribution in [2.24, 2.45) is 11.8 Å². The Morgan fingerprint density at radius 3 is 2.53 bits per heavy atom. The number of nitrogens with one attached hydrogen (secondary N) is 1. The van der Waals surface area contributed by atoms with E-state index in [1.54, 1.807) is 0 Å². The van der Waals surface area contributed by atoms with E-state index in [4.69, 9.17) is 0 Å². The van der Waals surface area contributed by atoms with Crippen molar-refractivity contribution in [1.29, 1.82) is 0 Å². The van der Waals surface area contributed by atoms with Crippen LogP contribution in [0.2, 0.25) is 0 Å². The number of rotatable bonds is 1. The van der Waals surface area contributed by atoms with Crippen molar-refractivity contribution in [3.63, 3.8) is 0 Å². The molecule has 2 fully saturated rings. The molecule has 2 aliphatic heterocycles. The van der Waals surface area contributed by atoms with Gasteiger partial charge in [-0.3, -0.25) is 4.90 Å². The molecule has 88 valence electrons. The molecule has 2 aliphatic rings. The first-order valence-electron chi connectivity index (χ1n) is 6.39. The molecular formula is C15H18N2. The smallest absolute Gasteiger partial charge is 0.0605 e. The zero-order chi connectivity index (χ0) is 11.5. The normalized spacial score (nSPS) is 27.5. The second-order valence-corrected chi connectivity index (χ2v) is 5.04. The van der Waals surface area contributed by atoms with Crippen molar-refractivity contribution in [3.05, 3.63) is 35.9 Å². The molecule has 0 bridgehead atoms. The molecule has 2 atom stereocenters. The van der Waals surface area contributed by atoms with Crippen molar-refractivity contribution in [1.82, 2.24) is 10.2 Å². The third-order valence-corrected chi connectivity index (χ3v) is 3.77. The molecule has 0 aliphatic carbocycles. The van der Waals surface area contributed by atoms with Crippen LogP contribution in [0.25, 0.3) is 0 Å². The summed E-state index contributed by atoms with van der Waals surface area (Å²) in [5.41, 5.74) is 1.12. The summed E-state index contributed by atoms with van der Waals surface area (Å²) in [6, 6.07) is 10.2. The standard InChI is InChI=1S/C15H18N2/c1-2-5-13(6-3-1)7-4-8-17-11-14-9-16-10-15(14)12-17/h1-3,5-6,14-16H,8-12H2. The summed E-state index contributed by atoms with van der Waals surface area (Å²) >= 11 is 0. The molecule has 1 aromatic carbocycles. The summed E-state index contributed by atoms with van der Waals surface area (Å²) in [5, 5.41) is 3.46. The summed E-state index contributed by atoms with van der Waals surface area (Å²) in [4.78, 5) is 2.49. The van der Waals surface area contributed by atoms with E-state index in [1.165, 1.54) is 26.2 Å². The SMILES string of the molecule is C(#Cc1ccccc1)CN1CC2CNCC2C1. The van der Waals surface area contributed by atoms with Crippen LogP contribution < -0.4 is 5.32 Å². The number of likely N-dealkylation sites (tertiary alicyclic amines) is 1. The molecule has 17 heavy (non-hydrogen) atoms. The maximum Gasteiger partial charge on any atom is 0.0605 e. The number of benzene rings is 1. The summed E-state index contributed by atoms with van der Waals surface area (Å²) < 4.78 is 0. The quantitative estimate of drug-likeness (QED) is 0.724. The minimum Gasteiger partial charge on any atom is -0.316 e. The van der Waals surface area contributed by atoms with Crippen molar-refractivity contribution >= 4 is 0 Å². The molecule has 2 heterocycles. The molecule has 2 unspecified atom stereocenters. The largest absolute Gasteiger partial charge is 0.316 e. The first-order chi connectivity index (χ1) is 8.42. The second-order valence-electron chi connectivity index (χ2n) is 5.04.